The van der Waals surface area contributed by atoms with Crippen LogP contribution in [0.4, 0.5) is 11.4 Å². The minimum Gasteiger partial charge on any atom is -0.465 e. The molecule has 0 aliphatic rings. The van der Waals surface area contributed by atoms with E-state index in [0.29, 0.717) is 22.6 Å². The summed E-state index contributed by atoms with van der Waals surface area (Å²) in [6.45, 7) is 2.66. The lowest BCUT2D eigenvalue weighted by Crippen LogP contribution is -2.41. The highest BCUT2D eigenvalue weighted by atomic mass is 32.2. The van der Waals surface area contributed by atoms with Gasteiger partial charge in [-0.25, -0.2) is 22.2 Å². The number of anilines is 2. The molecule has 0 aliphatic carbocycles. The summed E-state index contributed by atoms with van der Waals surface area (Å²) in [5, 5.41) is 2.68. The van der Waals surface area contributed by atoms with Gasteiger partial charge in [-0.05, 0) is 55.8 Å². The Labute approximate surface area is 226 Å². The number of para-hydroxylation sites is 1. The van der Waals surface area contributed by atoms with Crippen LogP contribution in [-0.2, 0) is 26.6 Å². The molecule has 39 heavy (non-hydrogen) atoms. The first-order chi connectivity index (χ1) is 18.6. The van der Waals surface area contributed by atoms with Crippen LogP contribution in [0.3, 0.4) is 0 Å². The number of rotatable bonds is 8. The van der Waals surface area contributed by atoms with E-state index in [9.17, 15) is 22.8 Å². The molecule has 0 atom stereocenters. The molecule has 0 unspecified atom stereocenters. The molecule has 0 radical (unpaired) electrons. The average Bonchev–Trinajstić information content (AvgIpc) is 3.16. The van der Waals surface area contributed by atoms with E-state index in [1.54, 1.807) is 86.2 Å². The highest BCUT2D eigenvalue weighted by molar-refractivity contribution is 7.92. The second kappa shape index (κ2) is 11.0. The van der Waals surface area contributed by atoms with Crippen molar-refractivity contribution in [1.29, 1.82) is 0 Å². The topological polar surface area (TPSA) is 120 Å². The first kappa shape index (κ1) is 27.4. The molecule has 0 saturated heterocycles. The summed E-state index contributed by atoms with van der Waals surface area (Å²) in [5.41, 5.74) is 1.31. The van der Waals surface area contributed by atoms with Crippen molar-refractivity contribution in [3.63, 3.8) is 0 Å². The first-order valence-electron chi connectivity index (χ1n) is 12.0. The van der Waals surface area contributed by atoms with Crippen LogP contribution in [0, 0.1) is 13.8 Å². The van der Waals surface area contributed by atoms with Gasteiger partial charge in [-0.2, -0.15) is 0 Å². The molecule has 0 fully saturated rings. The second-order valence-corrected chi connectivity index (χ2v) is 10.7. The molecule has 11 heteroatoms. The van der Waals surface area contributed by atoms with E-state index in [-0.39, 0.29) is 16.1 Å². The number of methoxy groups -OCH3 is 1. The number of hydrogen-bond acceptors (Lipinski definition) is 6. The summed E-state index contributed by atoms with van der Waals surface area (Å²) < 4.78 is 36.2. The highest BCUT2D eigenvalue weighted by Gasteiger charge is 2.33. The van der Waals surface area contributed by atoms with Gasteiger partial charge in [0.1, 0.15) is 12.2 Å². The molecular weight excluding hydrogens is 520 g/mol. The standard InChI is InChI=1S/C28H28N4O6S/c1-19-15-16-21(28(35)38-4)17-24(19)29-25(33)18-31(39(36,37)23-13-9-6-10-14-23)26-20(2)30(3)32(27(26)34)22-11-7-5-8-12-22/h5-17H,18H2,1-4H3,(H,29,33). The van der Waals surface area contributed by atoms with E-state index in [2.05, 4.69) is 5.32 Å². The fraction of sp³-hybridized carbons (Fsp3) is 0.179. The molecule has 1 amide bonds. The Hall–Kier alpha value is -4.64. The minimum atomic E-state index is -4.34. The van der Waals surface area contributed by atoms with Crippen LogP contribution in [0.25, 0.3) is 5.69 Å². The normalized spacial score (nSPS) is 11.2. The van der Waals surface area contributed by atoms with Crippen LogP contribution < -0.4 is 15.2 Å². The molecule has 4 aromatic rings. The van der Waals surface area contributed by atoms with Gasteiger partial charge in [-0.3, -0.25) is 14.3 Å². The Morgan fingerprint density at radius 1 is 0.949 bits per heavy atom. The van der Waals surface area contributed by atoms with Crippen LogP contribution in [0.1, 0.15) is 21.6 Å². The molecule has 3 aromatic carbocycles. The molecule has 0 spiro atoms. The van der Waals surface area contributed by atoms with E-state index in [1.807, 2.05) is 0 Å². The Bertz CT molecular complexity index is 1690. The predicted octanol–water partition coefficient (Wildman–Crippen LogP) is 3.41. The van der Waals surface area contributed by atoms with Crippen LogP contribution in [0.5, 0.6) is 0 Å². The number of amides is 1. The number of nitrogens with zero attached hydrogens (tertiary/aromatic N) is 3. The van der Waals surface area contributed by atoms with Crippen molar-refractivity contribution in [2.75, 3.05) is 23.3 Å². The predicted molar refractivity (Wildman–Crippen MR) is 148 cm³/mol. The third-order valence-corrected chi connectivity index (χ3v) is 8.08. The number of nitrogens with one attached hydrogen (secondary N) is 1. The number of carbonyl (C=O) groups excluding carboxylic acids is 2. The van der Waals surface area contributed by atoms with Crippen molar-refractivity contribution in [1.82, 2.24) is 9.36 Å². The summed E-state index contributed by atoms with van der Waals surface area (Å²) in [5.74, 6) is -1.28. The summed E-state index contributed by atoms with van der Waals surface area (Å²) in [7, 11) is -1.45. The molecule has 0 aliphatic heterocycles. The number of esters is 1. The summed E-state index contributed by atoms with van der Waals surface area (Å²) in [6, 6.07) is 21.0. The quantitative estimate of drug-likeness (QED) is 0.337. The van der Waals surface area contributed by atoms with Crippen LogP contribution in [0.2, 0.25) is 0 Å². The van der Waals surface area contributed by atoms with Gasteiger partial charge in [-0.1, -0.05) is 42.5 Å². The van der Waals surface area contributed by atoms with Gasteiger partial charge >= 0.3 is 5.97 Å². The molecule has 10 nitrogen and oxygen atoms in total. The van der Waals surface area contributed by atoms with Gasteiger partial charge in [0.05, 0.1) is 29.0 Å². The van der Waals surface area contributed by atoms with E-state index >= 15 is 0 Å². The van der Waals surface area contributed by atoms with Crippen LogP contribution >= 0.6 is 0 Å². The van der Waals surface area contributed by atoms with Gasteiger partial charge in [-0.15, -0.1) is 0 Å². The average molecular weight is 549 g/mol. The lowest BCUT2D eigenvalue weighted by atomic mass is 10.1. The first-order valence-corrected chi connectivity index (χ1v) is 13.4. The van der Waals surface area contributed by atoms with E-state index in [1.165, 1.54) is 30.0 Å². The third-order valence-electron chi connectivity index (χ3n) is 6.32. The van der Waals surface area contributed by atoms with Crippen molar-refractivity contribution in [3.8, 4) is 5.69 Å². The van der Waals surface area contributed by atoms with Gasteiger partial charge in [0.2, 0.25) is 5.91 Å². The van der Waals surface area contributed by atoms with Crippen molar-refractivity contribution < 1.29 is 22.7 Å². The molecule has 1 heterocycles. The second-order valence-electron chi connectivity index (χ2n) is 8.80. The van der Waals surface area contributed by atoms with Crippen molar-refractivity contribution in [2.24, 2.45) is 7.05 Å². The molecule has 1 aromatic heterocycles. The fourth-order valence-electron chi connectivity index (χ4n) is 4.17. The van der Waals surface area contributed by atoms with E-state index < -0.39 is 34.0 Å². The number of aromatic nitrogens is 2. The van der Waals surface area contributed by atoms with Gasteiger partial charge in [0.25, 0.3) is 15.6 Å². The maximum Gasteiger partial charge on any atom is 0.337 e. The Morgan fingerprint density at radius 3 is 2.18 bits per heavy atom. The minimum absolute atomic E-state index is 0.0735. The van der Waals surface area contributed by atoms with Crippen LogP contribution in [-0.4, -0.2) is 43.3 Å². The maximum atomic E-state index is 13.9. The van der Waals surface area contributed by atoms with Gasteiger partial charge in [0.15, 0.2) is 0 Å². The van der Waals surface area contributed by atoms with Crippen molar-refractivity contribution in [2.45, 2.75) is 18.7 Å². The number of benzene rings is 3. The lowest BCUT2D eigenvalue weighted by Gasteiger charge is -2.23. The SMILES string of the molecule is COC(=O)c1ccc(C)c(NC(=O)CN(c2c(C)n(C)n(-c3ccccc3)c2=O)S(=O)(=O)c2ccccc2)c1. The summed E-state index contributed by atoms with van der Waals surface area (Å²) in [6.07, 6.45) is 0. The van der Waals surface area contributed by atoms with Crippen LogP contribution in [0.15, 0.2) is 88.6 Å². The van der Waals surface area contributed by atoms with Gasteiger partial charge in [0, 0.05) is 12.7 Å². The molecule has 0 bridgehead atoms. The molecule has 202 valence electrons. The Morgan fingerprint density at radius 2 is 1.56 bits per heavy atom. The number of sulfonamides is 1. The summed E-state index contributed by atoms with van der Waals surface area (Å²) >= 11 is 0. The molecule has 1 N–H and O–H groups in total. The number of hydrogen-bond donors (Lipinski definition) is 1. The van der Waals surface area contributed by atoms with E-state index in [4.69, 9.17) is 4.74 Å². The smallest absolute Gasteiger partial charge is 0.337 e. The third kappa shape index (κ3) is 5.34. The largest absolute Gasteiger partial charge is 0.465 e. The number of carbonyl (C=O) groups is 2. The maximum absolute atomic E-state index is 13.9. The Kier molecular flexibility index (Phi) is 7.73. The molecule has 4 rings (SSSR count). The fourth-order valence-corrected chi connectivity index (χ4v) is 5.66. The Balaban J connectivity index is 1.81. The molecular formula is C28H28N4O6S. The zero-order valence-corrected chi connectivity index (χ0v) is 22.7. The lowest BCUT2D eigenvalue weighted by molar-refractivity contribution is -0.114. The monoisotopic (exact) mass is 548 g/mol. The van der Waals surface area contributed by atoms with Crippen molar-refractivity contribution in [3.05, 3.63) is 106 Å². The molecule has 0 saturated carbocycles. The van der Waals surface area contributed by atoms with Crippen molar-refractivity contribution >= 4 is 33.3 Å². The highest BCUT2D eigenvalue weighted by Crippen LogP contribution is 2.26. The number of aryl methyl sites for hydroxylation is 1. The zero-order valence-electron chi connectivity index (χ0n) is 21.9. The van der Waals surface area contributed by atoms with Gasteiger partial charge < -0.3 is 10.1 Å². The zero-order chi connectivity index (χ0) is 28.3. The summed E-state index contributed by atoms with van der Waals surface area (Å²) in [4.78, 5) is 38.9. The number of ether oxygens (including phenoxy) is 1. The van der Waals surface area contributed by atoms with E-state index in [0.717, 1.165) is 4.31 Å².